The standard InChI is InChI=1S/C31H39N3O5S/c1-23-12-9-17-28(24(23)2)34(40(5,37)38)19-11-18-30(35)33(22-26-15-10-16-27(20-26)39-4)29(31(36)32-3)21-25-13-7-6-8-14-25/h6-10,12-17,20,29H,11,18-19,21-22H2,1-5H3,(H,32,36)/t29-/m1/s1. The number of hydrogen-bond acceptors (Lipinski definition) is 5. The number of carbonyl (C=O) groups excluding carboxylic acids is 2. The van der Waals surface area contributed by atoms with Crippen LogP contribution < -0.4 is 14.4 Å². The van der Waals surface area contributed by atoms with Crippen molar-refractivity contribution in [2.24, 2.45) is 0 Å². The molecular formula is C31H39N3O5S. The van der Waals surface area contributed by atoms with Crippen molar-refractivity contribution < 1.29 is 22.7 Å². The molecular weight excluding hydrogens is 526 g/mol. The number of sulfonamides is 1. The van der Waals surface area contributed by atoms with Gasteiger partial charge in [0.15, 0.2) is 0 Å². The van der Waals surface area contributed by atoms with Crippen LogP contribution in [0.3, 0.4) is 0 Å². The molecule has 40 heavy (non-hydrogen) atoms. The highest BCUT2D eigenvalue weighted by atomic mass is 32.2. The highest BCUT2D eigenvalue weighted by Crippen LogP contribution is 2.26. The molecule has 0 saturated carbocycles. The molecule has 1 N–H and O–H groups in total. The third-order valence-electron chi connectivity index (χ3n) is 7.00. The van der Waals surface area contributed by atoms with Gasteiger partial charge < -0.3 is 15.0 Å². The van der Waals surface area contributed by atoms with Crippen LogP contribution in [-0.2, 0) is 32.6 Å². The van der Waals surface area contributed by atoms with E-state index in [1.54, 1.807) is 25.1 Å². The lowest BCUT2D eigenvalue weighted by atomic mass is 10.0. The first-order chi connectivity index (χ1) is 19.0. The molecule has 0 bridgehead atoms. The minimum absolute atomic E-state index is 0.0726. The van der Waals surface area contributed by atoms with Crippen LogP contribution in [0.5, 0.6) is 5.75 Å². The summed E-state index contributed by atoms with van der Waals surface area (Å²) < 4.78 is 32.1. The first-order valence-electron chi connectivity index (χ1n) is 13.3. The van der Waals surface area contributed by atoms with Crippen LogP contribution in [-0.4, -0.2) is 58.1 Å². The van der Waals surface area contributed by atoms with E-state index in [2.05, 4.69) is 5.32 Å². The minimum Gasteiger partial charge on any atom is -0.497 e. The van der Waals surface area contributed by atoms with Crippen LogP contribution in [0.1, 0.15) is 35.1 Å². The summed E-state index contributed by atoms with van der Waals surface area (Å²) in [5.41, 5.74) is 4.22. The largest absolute Gasteiger partial charge is 0.497 e. The molecule has 3 aromatic rings. The molecule has 8 nitrogen and oxygen atoms in total. The van der Waals surface area contributed by atoms with Crippen molar-refractivity contribution in [3.63, 3.8) is 0 Å². The van der Waals surface area contributed by atoms with E-state index < -0.39 is 16.1 Å². The number of likely N-dealkylation sites (N-methyl/N-ethyl adjacent to an activating group) is 1. The summed E-state index contributed by atoms with van der Waals surface area (Å²) >= 11 is 0. The molecule has 1 atom stereocenters. The monoisotopic (exact) mass is 565 g/mol. The SMILES string of the molecule is CNC(=O)[C@@H](Cc1ccccc1)N(Cc1cccc(OC)c1)C(=O)CCCN(c1cccc(C)c1C)S(C)(=O)=O. The zero-order valence-electron chi connectivity index (χ0n) is 23.9. The Morgan fingerprint density at radius 2 is 1.62 bits per heavy atom. The Bertz CT molecular complexity index is 1410. The first kappa shape index (κ1) is 30.7. The third-order valence-corrected chi connectivity index (χ3v) is 8.18. The zero-order valence-corrected chi connectivity index (χ0v) is 24.7. The maximum atomic E-state index is 13.8. The Morgan fingerprint density at radius 3 is 2.27 bits per heavy atom. The second-order valence-corrected chi connectivity index (χ2v) is 11.8. The molecule has 3 rings (SSSR count). The van der Waals surface area contributed by atoms with Gasteiger partial charge in [0.1, 0.15) is 11.8 Å². The summed E-state index contributed by atoms with van der Waals surface area (Å²) in [6, 6.07) is 21.7. The lowest BCUT2D eigenvalue weighted by Crippen LogP contribution is -2.49. The van der Waals surface area contributed by atoms with Crippen molar-refractivity contribution in [3.8, 4) is 5.75 Å². The number of aryl methyl sites for hydroxylation is 1. The number of anilines is 1. The fourth-order valence-electron chi connectivity index (χ4n) is 4.68. The van der Waals surface area contributed by atoms with E-state index >= 15 is 0 Å². The van der Waals surface area contributed by atoms with Gasteiger partial charge in [0.05, 0.1) is 19.1 Å². The number of carbonyl (C=O) groups is 2. The first-order valence-corrected chi connectivity index (χ1v) is 15.1. The molecule has 214 valence electrons. The maximum absolute atomic E-state index is 13.8. The fourth-order valence-corrected chi connectivity index (χ4v) is 5.69. The fraction of sp³-hybridized carbons (Fsp3) is 0.355. The molecule has 0 aliphatic carbocycles. The Morgan fingerprint density at radius 1 is 0.950 bits per heavy atom. The summed E-state index contributed by atoms with van der Waals surface area (Å²) in [6.45, 7) is 4.17. The van der Waals surface area contributed by atoms with E-state index in [0.29, 0.717) is 24.3 Å². The third kappa shape index (κ3) is 8.08. The van der Waals surface area contributed by atoms with E-state index in [1.165, 1.54) is 10.6 Å². The molecule has 2 amide bonds. The predicted octanol–water partition coefficient (Wildman–Crippen LogP) is 4.24. The van der Waals surface area contributed by atoms with Gasteiger partial charge in [-0.05, 0) is 60.7 Å². The molecule has 0 heterocycles. The van der Waals surface area contributed by atoms with Gasteiger partial charge in [-0.25, -0.2) is 8.42 Å². The van der Waals surface area contributed by atoms with E-state index in [4.69, 9.17) is 4.74 Å². The topological polar surface area (TPSA) is 96.0 Å². The van der Waals surface area contributed by atoms with Gasteiger partial charge in [-0.1, -0.05) is 54.6 Å². The quantitative estimate of drug-likeness (QED) is 0.334. The summed E-state index contributed by atoms with van der Waals surface area (Å²) in [4.78, 5) is 28.5. The van der Waals surface area contributed by atoms with Gasteiger partial charge in [-0.3, -0.25) is 13.9 Å². The molecule has 0 aromatic heterocycles. The van der Waals surface area contributed by atoms with Gasteiger partial charge in [0.2, 0.25) is 21.8 Å². The number of nitrogens with zero attached hydrogens (tertiary/aromatic N) is 2. The number of nitrogens with one attached hydrogen (secondary N) is 1. The van der Waals surface area contributed by atoms with Crippen LogP contribution in [0.15, 0.2) is 72.8 Å². The summed E-state index contributed by atoms with van der Waals surface area (Å²) in [5, 5.41) is 2.71. The van der Waals surface area contributed by atoms with Crippen LogP contribution in [0, 0.1) is 13.8 Å². The van der Waals surface area contributed by atoms with Gasteiger partial charge in [-0.2, -0.15) is 0 Å². The molecule has 9 heteroatoms. The Balaban J connectivity index is 1.88. The number of amides is 2. The van der Waals surface area contributed by atoms with Crippen LogP contribution >= 0.6 is 0 Å². The number of hydrogen-bond donors (Lipinski definition) is 1. The molecule has 0 aliphatic rings. The summed E-state index contributed by atoms with van der Waals surface area (Å²) in [5.74, 6) is 0.150. The van der Waals surface area contributed by atoms with Gasteiger partial charge in [0.25, 0.3) is 0 Å². The normalized spacial score (nSPS) is 11.9. The van der Waals surface area contributed by atoms with Gasteiger partial charge >= 0.3 is 0 Å². The molecule has 0 spiro atoms. The number of rotatable bonds is 13. The Labute approximate surface area is 238 Å². The zero-order chi connectivity index (χ0) is 29.3. The highest BCUT2D eigenvalue weighted by Gasteiger charge is 2.30. The summed E-state index contributed by atoms with van der Waals surface area (Å²) in [7, 11) is -0.440. The second-order valence-electron chi connectivity index (χ2n) is 9.85. The van der Waals surface area contributed by atoms with Crippen molar-refractivity contribution >= 4 is 27.5 Å². The van der Waals surface area contributed by atoms with Crippen molar-refractivity contribution in [2.75, 3.05) is 31.3 Å². The molecule has 0 fully saturated rings. The lowest BCUT2D eigenvalue weighted by Gasteiger charge is -2.32. The van der Waals surface area contributed by atoms with Gasteiger partial charge in [-0.15, -0.1) is 0 Å². The van der Waals surface area contributed by atoms with Crippen LogP contribution in [0.2, 0.25) is 0 Å². The van der Waals surface area contributed by atoms with Crippen molar-refractivity contribution in [1.82, 2.24) is 10.2 Å². The number of benzene rings is 3. The second kappa shape index (κ2) is 14.0. The van der Waals surface area contributed by atoms with Crippen LogP contribution in [0.4, 0.5) is 5.69 Å². The average Bonchev–Trinajstić information content (AvgIpc) is 2.94. The highest BCUT2D eigenvalue weighted by molar-refractivity contribution is 7.92. The molecule has 3 aromatic carbocycles. The Hall–Kier alpha value is -3.85. The molecule has 0 unspecified atom stereocenters. The van der Waals surface area contributed by atoms with E-state index in [-0.39, 0.29) is 31.3 Å². The number of ether oxygens (including phenoxy) is 1. The van der Waals surface area contributed by atoms with Gasteiger partial charge in [0, 0.05) is 33.0 Å². The molecule has 0 saturated heterocycles. The minimum atomic E-state index is -3.58. The smallest absolute Gasteiger partial charge is 0.242 e. The molecule has 0 aliphatic heterocycles. The Kier molecular flexibility index (Phi) is 10.7. The van der Waals surface area contributed by atoms with Crippen molar-refractivity contribution in [1.29, 1.82) is 0 Å². The number of methoxy groups -OCH3 is 1. The lowest BCUT2D eigenvalue weighted by molar-refractivity contribution is -0.141. The van der Waals surface area contributed by atoms with E-state index in [1.807, 2.05) is 80.6 Å². The van der Waals surface area contributed by atoms with E-state index in [9.17, 15) is 18.0 Å². The van der Waals surface area contributed by atoms with Crippen LogP contribution in [0.25, 0.3) is 0 Å². The maximum Gasteiger partial charge on any atom is 0.242 e. The summed E-state index contributed by atoms with van der Waals surface area (Å²) in [6.07, 6.45) is 1.88. The van der Waals surface area contributed by atoms with E-state index in [0.717, 1.165) is 22.3 Å². The van der Waals surface area contributed by atoms with Crippen molar-refractivity contribution in [2.45, 2.75) is 45.7 Å². The average molecular weight is 566 g/mol. The predicted molar refractivity (Wildman–Crippen MR) is 159 cm³/mol. The van der Waals surface area contributed by atoms with Crippen molar-refractivity contribution in [3.05, 3.63) is 95.1 Å². The molecule has 0 radical (unpaired) electrons.